The van der Waals surface area contributed by atoms with E-state index in [0.717, 1.165) is 18.4 Å². The van der Waals surface area contributed by atoms with Gasteiger partial charge in [0.25, 0.3) is 0 Å². The molecule has 0 aliphatic rings. The Bertz CT molecular complexity index is 345. The molecule has 1 heteroatoms. The van der Waals surface area contributed by atoms with E-state index >= 15 is 0 Å². The molecule has 0 spiro atoms. The third kappa shape index (κ3) is 3.43. The smallest absolute Gasteiger partial charge is 0.118 e. The van der Waals surface area contributed by atoms with Crippen molar-refractivity contribution in [2.24, 2.45) is 5.41 Å². The van der Waals surface area contributed by atoms with Crippen LogP contribution < -0.4 is 0 Å². The highest BCUT2D eigenvalue weighted by Gasteiger charge is 2.14. The van der Waals surface area contributed by atoms with Gasteiger partial charge in [0.15, 0.2) is 0 Å². The summed E-state index contributed by atoms with van der Waals surface area (Å²) in [6.07, 6.45) is 1.80. The van der Waals surface area contributed by atoms with Crippen molar-refractivity contribution < 1.29 is 5.11 Å². The zero-order chi connectivity index (χ0) is 11.5. The lowest BCUT2D eigenvalue weighted by atomic mass is 9.84. The topological polar surface area (TPSA) is 20.2 Å². The standard InChI is InChI=1S/C14H20O/c1-11(14(2,3)4)9-10-12-7-5-6-8-13(12)15/h5-8,15H,1,9-10H2,2-4H3. The molecule has 0 aliphatic carbocycles. The summed E-state index contributed by atoms with van der Waals surface area (Å²) in [4.78, 5) is 0. The summed E-state index contributed by atoms with van der Waals surface area (Å²) in [5, 5.41) is 9.60. The first kappa shape index (κ1) is 11.8. The van der Waals surface area contributed by atoms with Crippen LogP contribution in [-0.4, -0.2) is 5.11 Å². The van der Waals surface area contributed by atoms with E-state index in [-0.39, 0.29) is 5.41 Å². The van der Waals surface area contributed by atoms with Crippen molar-refractivity contribution in [1.82, 2.24) is 0 Å². The number of aryl methyl sites for hydroxylation is 1. The van der Waals surface area contributed by atoms with Gasteiger partial charge >= 0.3 is 0 Å². The van der Waals surface area contributed by atoms with Gasteiger partial charge in [-0.15, -0.1) is 0 Å². The molecule has 0 saturated heterocycles. The number of phenols is 1. The van der Waals surface area contributed by atoms with Crippen molar-refractivity contribution in [2.75, 3.05) is 0 Å². The molecule has 0 fully saturated rings. The van der Waals surface area contributed by atoms with Gasteiger partial charge in [-0.25, -0.2) is 0 Å². The summed E-state index contributed by atoms with van der Waals surface area (Å²) in [5.74, 6) is 0.388. The molecule has 82 valence electrons. The zero-order valence-electron chi connectivity index (χ0n) is 9.88. The van der Waals surface area contributed by atoms with Gasteiger partial charge in [0, 0.05) is 0 Å². The van der Waals surface area contributed by atoms with Crippen LogP contribution in [0, 0.1) is 5.41 Å². The molecule has 0 radical (unpaired) electrons. The Morgan fingerprint density at radius 3 is 2.40 bits per heavy atom. The summed E-state index contributed by atoms with van der Waals surface area (Å²) < 4.78 is 0. The van der Waals surface area contributed by atoms with E-state index in [2.05, 4.69) is 27.4 Å². The molecule has 1 rings (SSSR count). The summed E-state index contributed by atoms with van der Waals surface area (Å²) in [7, 11) is 0. The lowest BCUT2D eigenvalue weighted by Crippen LogP contribution is -2.09. The molecule has 0 saturated carbocycles. The van der Waals surface area contributed by atoms with E-state index in [1.165, 1.54) is 5.57 Å². The van der Waals surface area contributed by atoms with E-state index in [0.29, 0.717) is 5.75 Å². The molecular weight excluding hydrogens is 184 g/mol. The molecule has 1 N–H and O–H groups in total. The lowest BCUT2D eigenvalue weighted by molar-refractivity contribution is 0.461. The summed E-state index contributed by atoms with van der Waals surface area (Å²) in [6, 6.07) is 7.49. The average Bonchev–Trinajstić information content (AvgIpc) is 2.14. The van der Waals surface area contributed by atoms with Crippen LogP contribution >= 0.6 is 0 Å². The molecule has 0 amide bonds. The maximum absolute atomic E-state index is 9.60. The van der Waals surface area contributed by atoms with Crippen molar-refractivity contribution in [2.45, 2.75) is 33.6 Å². The van der Waals surface area contributed by atoms with Gasteiger partial charge in [-0.3, -0.25) is 0 Å². The maximum Gasteiger partial charge on any atom is 0.118 e. The second-order valence-electron chi connectivity index (χ2n) is 4.98. The highest BCUT2D eigenvalue weighted by molar-refractivity contribution is 5.32. The van der Waals surface area contributed by atoms with Gasteiger partial charge in [0.05, 0.1) is 0 Å². The number of aromatic hydroxyl groups is 1. The molecule has 15 heavy (non-hydrogen) atoms. The molecule has 0 aromatic heterocycles. The van der Waals surface area contributed by atoms with Crippen molar-refractivity contribution >= 4 is 0 Å². The van der Waals surface area contributed by atoms with Gasteiger partial charge < -0.3 is 5.11 Å². The molecule has 0 atom stereocenters. The molecule has 0 heterocycles. The third-order valence-electron chi connectivity index (χ3n) is 2.75. The number of rotatable bonds is 3. The van der Waals surface area contributed by atoms with E-state index in [1.807, 2.05) is 18.2 Å². The Kier molecular flexibility index (Phi) is 3.57. The third-order valence-corrected chi connectivity index (χ3v) is 2.75. The van der Waals surface area contributed by atoms with Crippen molar-refractivity contribution in [1.29, 1.82) is 0 Å². The summed E-state index contributed by atoms with van der Waals surface area (Å²) >= 11 is 0. The Morgan fingerprint density at radius 1 is 1.27 bits per heavy atom. The lowest BCUT2D eigenvalue weighted by Gasteiger charge is -2.21. The number of para-hydroxylation sites is 1. The number of phenolic OH excluding ortho intramolecular Hbond substituents is 1. The minimum Gasteiger partial charge on any atom is -0.508 e. The molecule has 0 bridgehead atoms. The normalized spacial score (nSPS) is 11.4. The van der Waals surface area contributed by atoms with E-state index < -0.39 is 0 Å². The Morgan fingerprint density at radius 2 is 1.87 bits per heavy atom. The number of hydrogen-bond acceptors (Lipinski definition) is 1. The molecule has 1 aromatic rings. The van der Waals surface area contributed by atoms with E-state index in [9.17, 15) is 5.11 Å². The fourth-order valence-electron chi connectivity index (χ4n) is 1.38. The molecular formula is C14H20O. The first-order chi connectivity index (χ1) is 6.91. The van der Waals surface area contributed by atoms with Crippen molar-refractivity contribution in [3.8, 4) is 5.75 Å². The zero-order valence-corrected chi connectivity index (χ0v) is 9.88. The minimum atomic E-state index is 0.157. The van der Waals surface area contributed by atoms with Gasteiger partial charge in [0.1, 0.15) is 5.75 Å². The van der Waals surface area contributed by atoms with Crippen LogP contribution in [0.15, 0.2) is 36.4 Å². The summed E-state index contributed by atoms with van der Waals surface area (Å²) in [5.41, 5.74) is 2.39. The number of allylic oxidation sites excluding steroid dienone is 1. The average molecular weight is 204 g/mol. The number of hydrogen-bond donors (Lipinski definition) is 1. The maximum atomic E-state index is 9.60. The highest BCUT2D eigenvalue weighted by Crippen LogP contribution is 2.28. The molecule has 1 aromatic carbocycles. The quantitative estimate of drug-likeness (QED) is 0.740. The monoisotopic (exact) mass is 204 g/mol. The fourth-order valence-corrected chi connectivity index (χ4v) is 1.38. The van der Waals surface area contributed by atoms with E-state index in [4.69, 9.17) is 0 Å². The van der Waals surface area contributed by atoms with Gasteiger partial charge in [-0.2, -0.15) is 0 Å². The number of benzene rings is 1. The van der Waals surface area contributed by atoms with Gasteiger partial charge in [-0.05, 0) is 29.9 Å². The SMILES string of the molecule is C=C(CCc1ccccc1O)C(C)(C)C. The Hall–Kier alpha value is -1.24. The Labute approximate surface area is 92.5 Å². The van der Waals surface area contributed by atoms with Crippen LogP contribution in [0.5, 0.6) is 5.75 Å². The molecule has 1 nitrogen and oxygen atoms in total. The van der Waals surface area contributed by atoms with Crippen LogP contribution in [0.1, 0.15) is 32.8 Å². The van der Waals surface area contributed by atoms with E-state index in [1.54, 1.807) is 6.07 Å². The van der Waals surface area contributed by atoms with Crippen LogP contribution in [0.2, 0.25) is 0 Å². The fraction of sp³-hybridized carbons (Fsp3) is 0.429. The minimum absolute atomic E-state index is 0.157. The van der Waals surface area contributed by atoms with Crippen LogP contribution in [0.3, 0.4) is 0 Å². The molecule has 0 aliphatic heterocycles. The summed E-state index contributed by atoms with van der Waals surface area (Å²) in [6.45, 7) is 10.6. The predicted molar refractivity (Wildman–Crippen MR) is 65.0 cm³/mol. The van der Waals surface area contributed by atoms with Gasteiger partial charge in [-0.1, -0.05) is 51.1 Å². The molecule has 0 unspecified atom stereocenters. The largest absolute Gasteiger partial charge is 0.508 e. The second-order valence-corrected chi connectivity index (χ2v) is 4.98. The van der Waals surface area contributed by atoms with Crippen LogP contribution in [-0.2, 0) is 6.42 Å². The Balaban J connectivity index is 2.59. The second kappa shape index (κ2) is 4.52. The predicted octanol–water partition coefficient (Wildman–Crippen LogP) is 3.93. The first-order valence-corrected chi connectivity index (χ1v) is 5.36. The first-order valence-electron chi connectivity index (χ1n) is 5.36. The van der Waals surface area contributed by atoms with Crippen molar-refractivity contribution in [3.63, 3.8) is 0 Å². The van der Waals surface area contributed by atoms with Gasteiger partial charge in [0.2, 0.25) is 0 Å². The van der Waals surface area contributed by atoms with Crippen molar-refractivity contribution in [3.05, 3.63) is 42.0 Å². The van der Waals surface area contributed by atoms with Crippen LogP contribution in [0.4, 0.5) is 0 Å². The van der Waals surface area contributed by atoms with Crippen LogP contribution in [0.25, 0.3) is 0 Å². The highest BCUT2D eigenvalue weighted by atomic mass is 16.3.